The summed E-state index contributed by atoms with van der Waals surface area (Å²) in [4.78, 5) is 28.5. The van der Waals surface area contributed by atoms with Crippen molar-refractivity contribution in [2.45, 2.75) is 20.8 Å². The Balaban J connectivity index is 1.58. The van der Waals surface area contributed by atoms with Crippen LogP contribution in [0.15, 0.2) is 48.7 Å². The number of amides is 2. The lowest BCUT2D eigenvalue weighted by atomic mass is 10.2. The Morgan fingerprint density at radius 3 is 2.62 bits per heavy atom. The van der Waals surface area contributed by atoms with E-state index in [9.17, 15) is 9.59 Å². The van der Waals surface area contributed by atoms with Crippen molar-refractivity contribution >= 4 is 44.2 Å². The van der Waals surface area contributed by atoms with Crippen LogP contribution in [0, 0.1) is 13.8 Å². The summed E-state index contributed by atoms with van der Waals surface area (Å²) in [6, 6.07) is 13.3. The Hall–Kier alpha value is -3.52. The van der Waals surface area contributed by atoms with Crippen LogP contribution in [0.25, 0.3) is 15.9 Å². The topological polar surface area (TPSA) is 88.9 Å². The lowest BCUT2D eigenvalue weighted by Crippen LogP contribution is -2.13. The first-order chi connectivity index (χ1) is 13.9. The average molecular weight is 405 g/mol. The molecule has 0 fully saturated rings. The number of rotatable bonds is 4. The van der Waals surface area contributed by atoms with Gasteiger partial charge in [-0.3, -0.25) is 14.9 Å². The summed E-state index contributed by atoms with van der Waals surface area (Å²) in [5.74, 6) is -0.396. The van der Waals surface area contributed by atoms with Gasteiger partial charge in [0.15, 0.2) is 5.13 Å². The van der Waals surface area contributed by atoms with Gasteiger partial charge in [0.1, 0.15) is 0 Å². The highest BCUT2D eigenvalue weighted by Crippen LogP contribution is 2.29. The second-order valence-corrected chi connectivity index (χ2v) is 7.71. The third kappa shape index (κ3) is 3.74. The first-order valence-corrected chi connectivity index (χ1v) is 9.84. The van der Waals surface area contributed by atoms with Crippen molar-refractivity contribution in [3.63, 3.8) is 0 Å². The van der Waals surface area contributed by atoms with Crippen LogP contribution < -0.4 is 10.6 Å². The minimum Gasteiger partial charge on any atom is -0.326 e. The van der Waals surface area contributed by atoms with Crippen LogP contribution in [0.2, 0.25) is 0 Å². The summed E-state index contributed by atoms with van der Waals surface area (Å²) >= 11 is 1.35. The number of carbonyl (C=O) groups excluding carboxylic acids is 2. The highest BCUT2D eigenvalue weighted by molar-refractivity contribution is 7.22. The number of aryl methyl sites for hydroxylation is 1. The van der Waals surface area contributed by atoms with E-state index in [-0.39, 0.29) is 11.8 Å². The largest absolute Gasteiger partial charge is 0.326 e. The second kappa shape index (κ2) is 7.48. The van der Waals surface area contributed by atoms with Crippen LogP contribution in [0.4, 0.5) is 10.8 Å². The van der Waals surface area contributed by atoms with Gasteiger partial charge in [0.2, 0.25) is 5.91 Å². The van der Waals surface area contributed by atoms with Crippen molar-refractivity contribution in [1.29, 1.82) is 0 Å². The van der Waals surface area contributed by atoms with Crippen molar-refractivity contribution in [1.82, 2.24) is 14.8 Å². The van der Waals surface area contributed by atoms with Crippen LogP contribution in [-0.4, -0.2) is 26.6 Å². The minimum atomic E-state index is -0.261. The lowest BCUT2D eigenvalue weighted by molar-refractivity contribution is -0.114. The Morgan fingerprint density at radius 1 is 1.07 bits per heavy atom. The fourth-order valence-corrected chi connectivity index (χ4v) is 4.00. The third-order valence-corrected chi connectivity index (χ3v) is 5.46. The van der Waals surface area contributed by atoms with Gasteiger partial charge in [-0.15, -0.1) is 0 Å². The molecule has 2 aromatic carbocycles. The number of hydrogen-bond donors (Lipinski definition) is 2. The van der Waals surface area contributed by atoms with E-state index >= 15 is 0 Å². The Morgan fingerprint density at radius 2 is 1.86 bits per heavy atom. The number of nitrogens with zero attached hydrogens (tertiary/aromatic N) is 3. The van der Waals surface area contributed by atoms with Crippen LogP contribution >= 0.6 is 11.3 Å². The van der Waals surface area contributed by atoms with E-state index in [0.717, 1.165) is 27.2 Å². The van der Waals surface area contributed by atoms with Gasteiger partial charge in [0, 0.05) is 12.6 Å². The molecule has 0 aliphatic heterocycles. The smallest absolute Gasteiger partial charge is 0.260 e. The van der Waals surface area contributed by atoms with Gasteiger partial charge in [-0.1, -0.05) is 29.5 Å². The highest BCUT2D eigenvalue weighted by Gasteiger charge is 2.17. The molecular formula is C21H19N5O2S. The number of benzene rings is 2. The number of fused-ring (bicyclic) bond motifs is 1. The van der Waals surface area contributed by atoms with Gasteiger partial charge in [-0.05, 0) is 43.7 Å². The maximum absolute atomic E-state index is 12.8. The van der Waals surface area contributed by atoms with E-state index in [2.05, 4.69) is 20.7 Å². The van der Waals surface area contributed by atoms with Crippen molar-refractivity contribution in [3.8, 4) is 5.69 Å². The van der Waals surface area contributed by atoms with E-state index in [0.29, 0.717) is 16.4 Å². The molecule has 7 nitrogen and oxygen atoms in total. The average Bonchev–Trinajstić information content (AvgIpc) is 3.24. The first-order valence-electron chi connectivity index (χ1n) is 9.02. The summed E-state index contributed by atoms with van der Waals surface area (Å²) in [7, 11) is 0. The van der Waals surface area contributed by atoms with Crippen LogP contribution in [0.3, 0.4) is 0 Å². The van der Waals surface area contributed by atoms with E-state index < -0.39 is 0 Å². The SMILES string of the molecule is CC(=O)Nc1ccc2nc(NC(=O)c3cnn(-c4ccccc4C)c3C)sc2c1. The number of hydrogen-bond acceptors (Lipinski definition) is 5. The second-order valence-electron chi connectivity index (χ2n) is 6.68. The molecule has 2 amide bonds. The van der Waals surface area contributed by atoms with Gasteiger partial charge in [0.25, 0.3) is 5.91 Å². The Bertz CT molecular complexity index is 1240. The van der Waals surface area contributed by atoms with E-state index in [4.69, 9.17) is 0 Å². The maximum Gasteiger partial charge on any atom is 0.260 e. The van der Waals surface area contributed by atoms with Crippen molar-refractivity contribution in [2.24, 2.45) is 0 Å². The molecule has 0 saturated heterocycles. The standard InChI is InChI=1S/C21H19N5O2S/c1-12-6-4-5-7-18(12)26-13(2)16(11-22-26)20(28)25-21-24-17-9-8-15(23-14(3)27)10-19(17)29-21/h4-11H,1-3H3,(H,23,27)(H,24,25,28). The van der Waals surface area contributed by atoms with Crippen molar-refractivity contribution in [3.05, 3.63) is 65.5 Å². The zero-order valence-corrected chi connectivity index (χ0v) is 17.0. The fraction of sp³-hybridized carbons (Fsp3) is 0.143. The summed E-state index contributed by atoms with van der Waals surface area (Å²) in [6.45, 7) is 5.33. The molecule has 4 aromatic rings. The molecule has 146 valence electrons. The fourth-order valence-electron chi connectivity index (χ4n) is 3.10. The molecule has 8 heteroatoms. The van der Waals surface area contributed by atoms with Crippen molar-refractivity contribution < 1.29 is 9.59 Å². The molecule has 0 spiro atoms. The van der Waals surface area contributed by atoms with Gasteiger partial charge in [-0.25, -0.2) is 9.67 Å². The monoisotopic (exact) mass is 405 g/mol. The van der Waals surface area contributed by atoms with Crippen LogP contribution in [0.1, 0.15) is 28.5 Å². The molecule has 2 aromatic heterocycles. The van der Waals surface area contributed by atoms with E-state index in [1.54, 1.807) is 16.9 Å². The molecule has 0 aliphatic carbocycles. The summed E-state index contributed by atoms with van der Waals surface area (Å²) in [5.41, 5.74) is 4.72. The molecule has 0 radical (unpaired) electrons. The third-order valence-electron chi connectivity index (χ3n) is 4.53. The molecule has 0 aliphatic rings. The predicted molar refractivity (Wildman–Crippen MR) is 115 cm³/mol. The summed E-state index contributed by atoms with van der Waals surface area (Å²) < 4.78 is 2.64. The van der Waals surface area contributed by atoms with Gasteiger partial charge >= 0.3 is 0 Å². The normalized spacial score (nSPS) is 10.9. The molecule has 0 unspecified atom stereocenters. The Kier molecular flexibility index (Phi) is 4.85. The molecule has 0 saturated carbocycles. The molecule has 2 N–H and O–H groups in total. The molecular weight excluding hydrogens is 386 g/mol. The summed E-state index contributed by atoms with van der Waals surface area (Å²) in [5, 5.41) is 10.5. The Labute approximate surface area is 171 Å². The zero-order chi connectivity index (χ0) is 20.5. The first kappa shape index (κ1) is 18.8. The van der Waals surface area contributed by atoms with Gasteiger partial charge < -0.3 is 5.32 Å². The number of aromatic nitrogens is 3. The number of carbonyl (C=O) groups is 2. The van der Waals surface area contributed by atoms with Gasteiger partial charge in [-0.2, -0.15) is 5.10 Å². The quantitative estimate of drug-likeness (QED) is 0.529. The van der Waals surface area contributed by atoms with E-state index in [1.807, 2.05) is 50.2 Å². The minimum absolute atomic E-state index is 0.136. The zero-order valence-electron chi connectivity index (χ0n) is 16.2. The molecule has 29 heavy (non-hydrogen) atoms. The number of nitrogens with one attached hydrogen (secondary N) is 2. The highest BCUT2D eigenvalue weighted by atomic mass is 32.1. The predicted octanol–water partition coefficient (Wildman–Crippen LogP) is 4.31. The number of para-hydroxylation sites is 1. The van der Waals surface area contributed by atoms with E-state index in [1.165, 1.54) is 18.3 Å². The number of anilines is 2. The number of thiazole rings is 1. The summed E-state index contributed by atoms with van der Waals surface area (Å²) in [6.07, 6.45) is 1.57. The van der Waals surface area contributed by atoms with Crippen LogP contribution in [0.5, 0.6) is 0 Å². The van der Waals surface area contributed by atoms with Crippen LogP contribution in [-0.2, 0) is 4.79 Å². The lowest BCUT2D eigenvalue weighted by Gasteiger charge is -2.08. The molecule has 0 bridgehead atoms. The maximum atomic E-state index is 12.8. The molecule has 2 heterocycles. The molecule has 0 atom stereocenters. The van der Waals surface area contributed by atoms with Crippen molar-refractivity contribution in [2.75, 3.05) is 10.6 Å². The molecule has 4 rings (SSSR count). The van der Waals surface area contributed by atoms with Gasteiger partial charge in [0.05, 0.1) is 33.4 Å².